The molecule has 0 radical (unpaired) electrons. The molecule has 1 unspecified atom stereocenters. The molecule has 0 fully saturated rings. The van der Waals surface area contributed by atoms with Crippen LogP contribution in [0.2, 0.25) is 0 Å². The summed E-state index contributed by atoms with van der Waals surface area (Å²) in [5, 5.41) is 2.81. The summed E-state index contributed by atoms with van der Waals surface area (Å²) in [7, 11) is 0. The molecule has 1 aromatic carbocycles. The van der Waals surface area contributed by atoms with Gasteiger partial charge in [-0.25, -0.2) is 14.6 Å². The van der Waals surface area contributed by atoms with Gasteiger partial charge >= 0.3 is 11.8 Å². The number of pyridine rings is 1. The Labute approximate surface area is 136 Å². The number of aryl methyl sites for hydroxylation is 1. The van der Waals surface area contributed by atoms with E-state index in [9.17, 15) is 9.59 Å². The Morgan fingerprint density at radius 3 is 3.08 bits per heavy atom. The monoisotopic (exact) mass is 325 g/mol. The number of carbonyl (C=O) groups is 1. The molecule has 3 aromatic rings. The molecule has 0 aliphatic heterocycles. The highest BCUT2D eigenvalue weighted by Gasteiger charge is 2.23. The molecule has 2 aromatic heterocycles. The zero-order chi connectivity index (χ0) is 16.5. The van der Waals surface area contributed by atoms with E-state index in [2.05, 4.69) is 16.4 Å². The Balaban J connectivity index is 1.55. The van der Waals surface area contributed by atoms with Gasteiger partial charge in [0.1, 0.15) is 0 Å². The first-order chi connectivity index (χ1) is 11.7. The molecular formula is C17H15N3O4. The second-order valence-electron chi connectivity index (χ2n) is 5.65. The van der Waals surface area contributed by atoms with E-state index in [1.807, 2.05) is 18.2 Å². The van der Waals surface area contributed by atoms with Crippen LogP contribution in [-0.4, -0.2) is 15.8 Å². The van der Waals surface area contributed by atoms with Crippen LogP contribution in [-0.2, 0) is 6.42 Å². The highest BCUT2D eigenvalue weighted by molar-refractivity contribution is 5.71. The largest absolute Gasteiger partial charge is 0.455 e. The van der Waals surface area contributed by atoms with Crippen LogP contribution < -0.4 is 15.9 Å². The number of carbonyl (C=O) groups excluding carboxylic acids is 1. The number of oxazole rings is 1. The number of fused-ring (bicyclic) bond motifs is 2. The van der Waals surface area contributed by atoms with E-state index in [0.717, 1.165) is 29.6 Å². The van der Waals surface area contributed by atoms with Crippen LogP contribution in [0.15, 0.2) is 51.8 Å². The predicted octanol–water partition coefficient (Wildman–Crippen LogP) is 2.21. The molecule has 1 aliphatic rings. The molecule has 0 saturated carbocycles. The topological polar surface area (TPSA) is 86.4 Å². The maximum absolute atomic E-state index is 12.2. The third kappa shape index (κ3) is 2.54. The van der Waals surface area contributed by atoms with E-state index in [4.69, 9.17) is 9.25 Å². The van der Waals surface area contributed by atoms with Crippen molar-refractivity contribution in [2.75, 3.05) is 0 Å². The lowest BCUT2D eigenvalue weighted by Crippen LogP contribution is -2.39. The zero-order valence-electron chi connectivity index (χ0n) is 12.8. The fourth-order valence-electron chi connectivity index (χ4n) is 3.07. The molecule has 2 heterocycles. The maximum Gasteiger partial charge on any atom is 0.455 e. The number of nitrogens with zero attached hydrogens (tertiary/aromatic N) is 2. The number of hydrogen-bond donors (Lipinski definition) is 1. The standard InChI is InChI=1S/C17H15N3O4/c21-16(19-13-8-3-6-11-5-1-2-7-12(11)13)24-20-15-14(23-17(20)22)9-4-10-18-15/h1-2,4-5,7,9-10,13H,3,6,8H2,(H,19,21). The Morgan fingerprint density at radius 2 is 2.17 bits per heavy atom. The Hall–Kier alpha value is -3.09. The summed E-state index contributed by atoms with van der Waals surface area (Å²) in [6, 6.07) is 11.1. The number of rotatable bonds is 2. The molecule has 0 spiro atoms. The Bertz CT molecular complexity index is 960. The number of nitrogens with one attached hydrogen (secondary N) is 1. The van der Waals surface area contributed by atoms with Crippen molar-refractivity contribution in [3.05, 3.63) is 64.3 Å². The van der Waals surface area contributed by atoms with E-state index in [1.54, 1.807) is 12.1 Å². The van der Waals surface area contributed by atoms with E-state index in [1.165, 1.54) is 11.8 Å². The minimum absolute atomic E-state index is 0.135. The van der Waals surface area contributed by atoms with Crippen molar-refractivity contribution in [3.63, 3.8) is 0 Å². The van der Waals surface area contributed by atoms with Gasteiger partial charge in [0.2, 0.25) is 5.65 Å². The fraction of sp³-hybridized carbons (Fsp3) is 0.235. The molecule has 24 heavy (non-hydrogen) atoms. The minimum Gasteiger partial charge on any atom is -0.404 e. The van der Waals surface area contributed by atoms with E-state index >= 15 is 0 Å². The second-order valence-corrected chi connectivity index (χ2v) is 5.65. The molecule has 1 atom stereocenters. The molecule has 7 nitrogen and oxygen atoms in total. The lowest BCUT2D eigenvalue weighted by atomic mass is 9.88. The van der Waals surface area contributed by atoms with Crippen molar-refractivity contribution in [1.82, 2.24) is 15.0 Å². The van der Waals surface area contributed by atoms with Crippen LogP contribution in [0.4, 0.5) is 4.79 Å². The molecular weight excluding hydrogens is 310 g/mol. The average molecular weight is 325 g/mol. The van der Waals surface area contributed by atoms with Crippen molar-refractivity contribution in [3.8, 4) is 0 Å². The lowest BCUT2D eigenvalue weighted by molar-refractivity contribution is 0.122. The number of aromatic nitrogens is 2. The maximum atomic E-state index is 12.2. The van der Waals surface area contributed by atoms with Crippen LogP contribution in [0, 0.1) is 0 Å². The van der Waals surface area contributed by atoms with Gasteiger partial charge in [-0.1, -0.05) is 29.0 Å². The van der Waals surface area contributed by atoms with Gasteiger partial charge in [0.05, 0.1) is 6.04 Å². The summed E-state index contributed by atoms with van der Waals surface area (Å²) in [4.78, 5) is 33.2. The first-order valence-electron chi connectivity index (χ1n) is 7.75. The summed E-state index contributed by atoms with van der Waals surface area (Å²) in [6.45, 7) is 0. The van der Waals surface area contributed by atoms with Crippen LogP contribution >= 0.6 is 0 Å². The van der Waals surface area contributed by atoms with Crippen molar-refractivity contribution in [2.24, 2.45) is 0 Å². The second kappa shape index (κ2) is 5.84. The smallest absolute Gasteiger partial charge is 0.404 e. The van der Waals surface area contributed by atoms with Crippen LogP contribution in [0.25, 0.3) is 11.2 Å². The summed E-state index contributed by atoms with van der Waals surface area (Å²) < 4.78 is 5.75. The highest BCUT2D eigenvalue weighted by Crippen LogP contribution is 2.29. The van der Waals surface area contributed by atoms with Crippen LogP contribution in [0.1, 0.15) is 30.0 Å². The first kappa shape index (κ1) is 14.5. The molecule has 4 rings (SSSR count). The van der Waals surface area contributed by atoms with E-state index in [-0.39, 0.29) is 17.3 Å². The number of amides is 1. The zero-order valence-corrected chi connectivity index (χ0v) is 12.8. The van der Waals surface area contributed by atoms with Gasteiger partial charge in [-0.05, 0) is 42.5 Å². The lowest BCUT2D eigenvalue weighted by Gasteiger charge is -2.25. The summed E-state index contributed by atoms with van der Waals surface area (Å²) in [5.41, 5.74) is 2.74. The number of hydrogen-bond acceptors (Lipinski definition) is 5. The molecule has 122 valence electrons. The van der Waals surface area contributed by atoms with Crippen LogP contribution in [0.3, 0.4) is 0 Å². The van der Waals surface area contributed by atoms with Gasteiger partial charge in [-0.2, -0.15) is 0 Å². The summed E-state index contributed by atoms with van der Waals surface area (Å²) in [5.74, 6) is -0.789. The van der Waals surface area contributed by atoms with Gasteiger partial charge in [-0.3, -0.25) is 0 Å². The van der Waals surface area contributed by atoms with E-state index < -0.39 is 11.8 Å². The molecule has 1 aliphatic carbocycles. The molecule has 1 amide bonds. The normalized spacial score (nSPS) is 16.6. The molecule has 0 saturated heterocycles. The van der Waals surface area contributed by atoms with Gasteiger partial charge in [0.15, 0.2) is 5.58 Å². The SMILES string of the molecule is O=C(NC1CCCc2ccccc21)On1c(=O)oc2cccnc21. The first-order valence-corrected chi connectivity index (χ1v) is 7.75. The minimum atomic E-state index is -0.789. The summed E-state index contributed by atoms with van der Waals surface area (Å²) in [6.07, 6.45) is 3.59. The van der Waals surface area contributed by atoms with Gasteiger partial charge in [-0.15, -0.1) is 0 Å². The number of benzene rings is 1. The molecule has 7 heteroatoms. The third-order valence-electron chi connectivity index (χ3n) is 4.14. The summed E-state index contributed by atoms with van der Waals surface area (Å²) >= 11 is 0. The van der Waals surface area contributed by atoms with Gasteiger partial charge < -0.3 is 14.6 Å². The van der Waals surface area contributed by atoms with Crippen molar-refractivity contribution in [1.29, 1.82) is 0 Å². The predicted molar refractivity (Wildman–Crippen MR) is 85.5 cm³/mol. The quantitative estimate of drug-likeness (QED) is 0.780. The fourth-order valence-corrected chi connectivity index (χ4v) is 3.07. The van der Waals surface area contributed by atoms with E-state index in [0.29, 0.717) is 0 Å². The average Bonchev–Trinajstić information content (AvgIpc) is 2.91. The van der Waals surface area contributed by atoms with Crippen molar-refractivity contribution < 1.29 is 14.0 Å². The van der Waals surface area contributed by atoms with Crippen LogP contribution in [0.5, 0.6) is 0 Å². The third-order valence-corrected chi connectivity index (χ3v) is 4.14. The highest BCUT2D eigenvalue weighted by atomic mass is 16.7. The molecule has 1 N–H and O–H groups in total. The van der Waals surface area contributed by atoms with Gasteiger partial charge in [0, 0.05) is 6.20 Å². The van der Waals surface area contributed by atoms with Gasteiger partial charge in [0.25, 0.3) is 0 Å². The molecule has 0 bridgehead atoms. The van der Waals surface area contributed by atoms with Crippen molar-refractivity contribution >= 4 is 17.3 Å². The van der Waals surface area contributed by atoms with Crippen molar-refractivity contribution in [2.45, 2.75) is 25.3 Å². The Kier molecular flexibility index (Phi) is 3.53. The Morgan fingerprint density at radius 1 is 1.29 bits per heavy atom.